The summed E-state index contributed by atoms with van der Waals surface area (Å²) in [4.78, 5) is 11.5. The minimum atomic E-state index is -0.176. The van der Waals surface area contributed by atoms with Crippen molar-refractivity contribution < 1.29 is 4.79 Å². The predicted octanol–water partition coefficient (Wildman–Crippen LogP) is 1.65. The highest BCUT2D eigenvalue weighted by Gasteiger charge is 2.09. The fourth-order valence-corrected chi connectivity index (χ4v) is 2.06. The summed E-state index contributed by atoms with van der Waals surface area (Å²) in [7, 11) is 1.60. The van der Waals surface area contributed by atoms with Gasteiger partial charge in [0.05, 0.1) is 5.69 Å². The molecule has 0 aliphatic rings. The molecule has 5 heteroatoms. The van der Waals surface area contributed by atoms with Crippen LogP contribution in [-0.2, 0) is 6.54 Å². The summed E-state index contributed by atoms with van der Waals surface area (Å²) in [6, 6.07) is 7.96. The Morgan fingerprint density at radius 1 is 1.35 bits per heavy atom. The Balaban J connectivity index is 2.24. The van der Waals surface area contributed by atoms with E-state index < -0.39 is 0 Å². The number of nitrogens with one attached hydrogen (secondary N) is 2. The third-order valence-electron chi connectivity index (χ3n) is 3.14. The van der Waals surface area contributed by atoms with Gasteiger partial charge < -0.3 is 10.6 Å². The van der Waals surface area contributed by atoms with Crippen molar-refractivity contribution in [1.29, 1.82) is 0 Å². The Morgan fingerprint density at radius 2 is 2.15 bits per heavy atom. The Labute approximate surface area is 119 Å². The molecule has 2 rings (SSSR count). The van der Waals surface area contributed by atoms with E-state index in [0.717, 1.165) is 24.3 Å². The van der Waals surface area contributed by atoms with Crippen LogP contribution in [0, 0.1) is 6.92 Å². The van der Waals surface area contributed by atoms with Crippen LogP contribution < -0.4 is 10.6 Å². The molecule has 5 nitrogen and oxygen atoms in total. The molecule has 2 N–H and O–H groups in total. The first-order chi connectivity index (χ1) is 9.65. The number of benzene rings is 1. The number of amides is 1. The lowest BCUT2D eigenvalue weighted by atomic mass is 10.1. The van der Waals surface area contributed by atoms with Crippen molar-refractivity contribution in [2.75, 3.05) is 13.6 Å². The molecule has 0 radical (unpaired) electrons. The van der Waals surface area contributed by atoms with E-state index in [1.54, 1.807) is 24.0 Å². The normalized spacial score (nSPS) is 10.6. The van der Waals surface area contributed by atoms with E-state index in [0.29, 0.717) is 5.69 Å². The molecule has 0 spiro atoms. The van der Waals surface area contributed by atoms with Crippen molar-refractivity contribution >= 4 is 5.91 Å². The minimum Gasteiger partial charge on any atom is -0.354 e. The van der Waals surface area contributed by atoms with Crippen LogP contribution in [-0.4, -0.2) is 29.3 Å². The first-order valence-electron chi connectivity index (χ1n) is 6.74. The number of aromatic nitrogens is 2. The highest BCUT2D eigenvalue weighted by Crippen LogP contribution is 2.15. The molecule has 1 heterocycles. The van der Waals surface area contributed by atoms with Gasteiger partial charge in [0, 0.05) is 19.8 Å². The first kappa shape index (κ1) is 14.3. The molecule has 0 unspecified atom stereocenters. The third-order valence-corrected chi connectivity index (χ3v) is 3.14. The number of nitrogens with zero attached hydrogens (tertiary/aromatic N) is 2. The van der Waals surface area contributed by atoms with Crippen LogP contribution in [0.2, 0.25) is 0 Å². The molecule has 0 saturated carbocycles. The van der Waals surface area contributed by atoms with Crippen LogP contribution in [0.1, 0.15) is 28.5 Å². The van der Waals surface area contributed by atoms with Crippen molar-refractivity contribution in [3.05, 3.63) is 47.3 Å². The molecular weight excluding hydrogens is 252 g/mol. The molecule has 0 saturated heterocycles. The van der Waals surface area contributed by atoms with E-state index in [9.17, 15) is 4.79 Å². The lowest BCUT2D eigenvalue weighted by molar-refractivity contribution is 0.0957. The molecule has 2 aromatic rings. The summed E-state index contributed by atoms with van der Waals surface area (Å²) in [5.74, 6) is -0.176. The smallest absolute Gasteiger partial charge is 0.271 e. The summed E-state index contributed by atoms with van der Waals surface area (Å²) in [6.45, 7) is 5.95. The van der Waals surface area contributed by atoms with E-state index in [1.807, 2.05) is 13.0 Å². The maximum Gasteiger partial charge on any atom is 0.271 e. The average molecular weight is 272 g/mol. The zero-order chi connectivity index (χ0) is 14.5. The van der Waals surface area contributed by atoms with E-state index in [-0.39, 0.29) is 5.91 Å². The summed E-state index contributed by atoms with van der Waals surface area (Å²) >= 11 is 0. The molecule has 0 atom stereocenters. The molecule has 106 valence electrons. The Morgan fingerprint density at radius 3 is 2.80 bits per heavy atom. The number of hydrogen-bond donors (Lipinski definition) is 2. The van der Waals surface area contributed by atoms with Crippen molar-refractivity contribution in [2.45, 2.75) is 20.4 Å². The van der Waals surface area contributed by atoms with Gasteiger partial charge in [-0.2, -0.15) is 5.10 Å². The maximum absolute atomic E-state index is 11.5. The fourth-order valence-electron chi connectivity index (χ4n) is 2.06. The highest BCUT2D eigenvalue weighted by atomic mass is 16.1. The first-order valence-corrected chi connectivity index (χ1v) is 6.74. The zero-order valence-corrected chi connectivity index (χ0v) is 12.1. The monoisotopic (exact) mass is 272 g/mol. The van der Waals surface area contributed by atoms with Crippen molar-refractivity contribution in [3.63, 3.8) is 0 Å². The summed E-state index contributed by atoms with van der Waals surface area (Å²) in [5, 5.41) is 10.2. The van der Waals surface area contributed by atoms with E-state index in [2.05, 4.69) is 34.8 Å². The number of carbonyl (C=O) groups is 1. The SMILES string of the molecule is CCNCc1ccc(-n2ccc(C(=O)NC)n2)c(C)c1. The lowest BCUT2D eigenvalue weighted by Crippen LogP contribution is -2.18. The van der Waals surface area contributed by atoms with Gasteiger partial charge >= 0.3 is 0 Å². The van der Waals surface area contributed by atoms with Crippen LogP contribution in [0.4, 0.5) is 0 Å². The number of carbonyl (C=O) groups excluding carboxylic acids is 1. The Hall–Kier alpha value is -2.14. The third kappa shape index (κ3) is 3.05. The van der Waals surface area contributed by atoms with Gasteiger partial charge in [0.1, 0.15) is 0 Å². The van der Waals surface area contributed by atoms with Crippen molar-refractivity contribution in [2.24, 2.45) is 0 Å². The van der Waals surface area contributed by atoms with Crippen LogP contribution in [0.25, 0.3) is 5.69 Å². The zero-order valence-electron chi connectivity index (χ0n) is 12.1. The van der Waals surface area contributed by atoms with Crippen LogP contribution in [0.15, 0.2) is 30.5 Å². The van der Waals surface area contributed by atoms with Crippen LogP contribution in [0.5, 0.6) is 0 Å². The fraction of sp³-hybridized carbons (Fsp3) is 0.333. The summed E-state index contributed by atoms with van der Waals surface area (Å²) < 4.78 is 1.73. The molecule has 20 heavy (non-hydrogen) atoms. The van der Waals surface area contributed by atoms with Crippen LogP contribution in [0.3, 0.4) is 0 Å². The Kier molecular flexibility index (Phi) is 4.53. The standard InChI is InChI=1S/C15H20N4O/c1-4-17-10-12-5-6-14(11(2)9-12)19-8-7-13(18-19)15(20)16-3/h5-9,17H,4,10H2,1-3H3,(H,16,20). The van der Waals surface area contributed by atoms with E-state index in [4.69, 9.17) is 0 Å². The molecule has 0 fully saturated rings. The quantitative estimate of drug-likeness (QED) is 0.870. The van der Waals surface area contributed by atoms with Crippen molar-refractivity contribution in [1.82, 2.24) is 20.4 Å². The molecule has 0 aliphatic carbocycles. The second kappa shape index (κ2) is 6.34. The van der Waals surface area contributed by atoms with Gasteiger partial charge in [0.2, 0.25) is 0 Å². The van der Waals surface area contributed by atoms with Gasteiger partial charge in [-0.15, -0.1) is 0 Å². The van der Waals surface area contributed by atoms with Crippen LogP contribution >= 0.6 is 0 Å². The molecule has 1 aromatic carbocycles. The largest absolute Gasteiger partial charge is 0.354 e. The van der Waals surface area contributed by atoms with Gasteiger partial charge in [0.15, 0.2) is 5.69 Å². The number of rotatable bonds is 5. The summed E-state index contributed by atoms with van der Waals surface area (Å²) in [6.07, 6.45) is 1.80. The Bertz CT molecular complexity index is 604. The minimum absolute atomic E-state index is 0.176. The van der Waals surface area contributed by atoms with Gasteiger partial charge in [-0.1, -0.05) is 19.1 Å². The number of hydrogen-bond acceptors (Lipinski definition) is 3. The van der Waals surface area contributed by atoms with Gasteiger partial charge in [-0.3, -0.25) is 4.79 Å². The molecule has 1 aromatic heterocycles. The second-order valence-electron chi connectivity index (χ2n) is 4.63. The summed E-state index contributed by atoms with van der Waals surface area (Å²) in [5.41, 5.74) is 3.78. The van der Waals surface area contributed by atoms with Gasteiger partial charge in [-0.05, 0) is 36.7 Å². The van der Waals surface area contributed by atoms with Gasteiger partial charge in [-0.25, -0.2) is 4.68 Å². The number of aryl methyl sites for hydroxylation is 1. The maximum atomic E-state index is 11.5. The van der Waals surface area contributed by atoms with E-state index >= 15 is 0 Å². The van der Waals surface area contributed by atoms with Gasteiger partial charge in [0.25, 0.3) is 5.91 Å². The second-order valence-corrected chi connectivity index (χ2v) is 4.63. The topological polar surface area (TPSA) is 59.0 Å². The molecule has 0 bridgehead atoms. The molecule has 1 amide bonds. The van der Waals surface area contributed by atoms with E-state index in [1.165, 1.54) is 5.56 Å². The molecule has 0 aliphatic heterocycles. The predicted molar refractivity (Wildman–Crippen MR) is 79.1 cm³/mol. The highest BCUT2D eigenvalue weighted by molar-refractivity contribution is 5.91. The average Bonchev–Trinajstić information content (AvgIpc) is 2.94. The molecular formula is C15H20N4O. The van der Waals surface area contributed by atoms with Crippen molar-refractivity contribution in [3.8, 4) is 5.69 Å². The lowest BCUT2D eigenvalue weighted by Gasteiger charge is -2.09.